The number of nitrogens with zero attached hydrogens (tertiary/aromatic N) is 9. The maximum atomic E-state index is 8.14. The van der Waals surface area contributed by atoms with Crippen LogP contribution in [0.1, 0.15) is 0 Å². The molecule has 10 nitrogen and oxygen atoms in total. The summed E-state index contributed by atoms with van der Waals surface area (Å²) in [5.74, 6) is -0.159. The molecule has 70 valence electrons. The van der Waals surface area contributed by atoms with Crippen LogP contribution in [0, 0.1) is 0 Å². The fourth-order valence-electron chi connectivity index (χ4n) is 0.635. The van der Waals surface area contributed by atoms with E-state index in [-0.39, 0.29) is 17.8 Å². The Morgan fingerprint density at radius 1 is 1.07 bits per heavy atom. The van der Waals surface area contributed by atoms with Gasteiger partial charge in [-0.3, -0.25) is 0 Å². The van der Waals surface area contributed by atoms with Crippen molar-refractivity contribution in [3.8, 4) is 0 Å². The van der Waals surface area contributed by atoms with Crippen molar-refractivity contribution in [1.82, 2.24) is 15.0 Å². The van der Waals surface area contributed by atoms with Crippen molar-refractivity contribution < 1.29 is 0 Å². The van der Waals surface area contributed by atoms with Crippen molar-refractivity contribution in [3.63, 3.8) is 0 Å². The molecule has 0 atom stereocenters. The third-order valence-electron chi connectivity index (χ3n) is 1.10. The van der Waals surface area contributed by atoms with Crippen LogP contribution in [0.25, 0.3) is 20.9 Å². The zero-order chi connectivity index (χ0) is 10.4. The first-order valence-electron chi connectivity index (χ1n) is 3.34. The first-order valence-corrected chi connectivity index (χ1v) is 3.34. The van der Waals surface area contributed by atoms with E-state index in [2.05, 4.69) is 40.3 Å². The van der Waals surface area contributed by atoms with Crippen LogP contribution in [0.2, 0.25) is 0 Å². The van der Waals surface area contributed by atoms with E-state index in [9.17, 15) is 0 Å². The van der Waals surface area contributed by atoms with Gasteiger partial charge in [-0.25, -0.2) is 4.98 Å². The van der Waals surface area contributed by atoms with Crippen molar-refractivity contribution in [2.75, 3.05) is 12.4 Å². The molecule has 1 rings (SSSR count). The molecule has 14 heavy (non-hydrogen) atoms. The van der Waals surface area contributed by atoms with Gasteiger partial charge in [0.05, 0.1) is 0 Å². The summed E-state index contributed by atoms with van der Waals surface area (Å²) in [6.45, 7) is 0. The van der Waals surface area contributed by atoms with Crippen LogP contribution in [0.4, 0.5) is 17.8 Å². The molecule has 0 saturated heterocycles. The number of nitrogens with one attached hydrogen (secondary N) is 1. The monoisotopic (exact) mass is 192 g/mol. The van der Waals surface area contributed by atoms with Crippen LogP contribution < -0.4 is 5.32 Å². The van der Waals surface area contributed by atoms with Crippen LogP contribution in [0.5, 0.6) is 0 Å². The van der Waals surface area contributed by atoms with E-state index < -0.39 is 0 Å². The largest absolute Gasteiger partial charge is 0.357 e. The summed E-state index contributed by atoms with van der Waals surface area (Å²) in [5, 5.41) is 8.90. The normalized spacial score (nSPS) is 8.36. The Kier molecular flexibility index (Phi) is 3.03. The van der Waals surface area contributed by atoms with Gasteiger partial charge in [0.25, 0.3) is 0 Å². The molecule has 0 aliphatic rings. The minimum absolute atomic E-state index is 0.157. The molecule has 0 bridgehead atoms. The van der Waals surface area contributed by atoms with Gasteiger partial charge < -0.3 is 5.32 Å². The third-order valence-corrected chi connectivity index (χ3v) is 1.10. The average molecular weight is 192 g/mol. The van der Waals surface area contributed by atoms with Gasteiger partial charge in [-0.1, -0.05) is 0 Å². The summed E-state index contributed by atoms with van der Waals surface area (Å²) < 4.78 is 0. The molecule has 1 aromatic heterocycles. The Morgan fingerprint density at radius 2 is 1.57 bits per heavy atom. The lowest BCUT2D eigenvalue weighted by molar-refractivity contribution is 1.02. The molecule has 1 N–H and O–H groups in total. The summed E-state index contributed by atoms with van der Waals surface area (Å²) in [7, 11) is 1.56. The number of aromatic nitrogens is 3. The maximum Gasteiger partial charge on any atom is 0.226 e. The minimum Gasteiger partial charge on any atom is -0.357 e. The van der Waals surface area contributed by atoms with Gasteiger partial charge in [-0.2, -0.15) is 9.97 Å². The summed E-state index contributed by atoms with van der Waals surface area (Å²) in [5.41, 5.74) is 16.3. The van der Waals surface area contributed by atoms with Crippen LogP contribution in [0.15, 0.2) is 10.2 Å². The molecule has 0 aliphatic carbocycles. The number of anilines is 1. The number of hydrogen-bond donors (Lipinski definition) is 1. The molecule has 0 unspecified atom stereocenters. The quantitative estimate of drug-likeness (QED) is 0.441. The highest BCUT2D eigenvalue weighted by Crippen LogP contribution is 2.13. The molecule has 0 radical (unpaired) electrons. The van der Waals surface area contributed by atoms with E-state index in [1.54, 1.807) is 7.05 Å². The van der Waals surface area contributed by atoms with Gasteiger partial charge in [0.1, 0.15) is 0 Å². The molecule has 0 aliphatic heterocycles. The van der Waals surface area contributed by atoms with E-state index in [0.29, 0.717) is 0 Å². The van der Waals surface area contributed by atoms with Crippen LogP contribution in [0.3, 0.4) is 0 Å². The van der Waals surface area contributed by atoms with Crippen molar-refractivity contribution in [3.05, 3.63) is 20.9 Å². The summed E-state index contributed by atoms with van der Waals surface area (Å²) in [4.78, 5) is 15.9. The topological polar surface area (TPSA) is 148 Å². The second-order valence-electron chi connectivity index (χ2n) is 1.89. The summed E-state index contributed by atoms with van der Waals surface area (Å²) in [6, 6.07) is 0. The van der Waals surface area contributed by atoms with Gasteiger partial charge in [0.2, 0.25) is 17.8 Å². The second-order valence-corrected chi connectivity index (χ2v) is 1.89. The predicted octanol–water partition coefficient (Wildman–Crippen LogP) is 1.80. The molecular weight excluding hydrogens is 188 g/mol. The van der Waals surface area contributed by atoms with Crippen LogP contribution >= 0.6 is 0 Å². The Morgan fingerprint density at radius 3 is 1.93 bits per heavy atom. The Bertz CT molecular complexity index is 387. The predicted molar refractivity (Wildman–Crippen MR) is 47.0 cm³/mol. The van der Waals surface area contributed by atoms with Gasteiger partial charge >= 0.3 is 0 Å². The highest BCUT2D eigenvalue weighted by atomic mass is 15.3. The van der Waals surface area contributed by atoms with Crippen molar-refractivity contribution in [1.29, 1.82) is 0 Å². The number of rotatable bonds is 3. The Balaban J connectivity index is 3.25. The van der Waals surface area contributed by atoms with Gasteiger partial charge in [0, 0.05) is 16.9 Å². The van der Waals surface area contributed by atoms with E-state index in [1.165, 1.54) is 0 Å². The summed E-state index contributed by atoms with van der Waals surface area (Å²) in [6.07, 6.45) is 0. The second kappa shape index (κ2) is 4.45. The smallest absolute Gasteiger partial charge is 0.226 e. The molecule has 1 aromatic rings. The Hall–Kier alpha value is -2.57. The van der Waals surface area contributed by atoms with Crippen molar-refractivity contribution >= 4 is 17.8 Å². The molecular formula is C4H4N10. The van der Waals surface area contributed by atoms with Crippen LogP contribution in [-0.2, 0) is 0 Å². The lowest BCUT2D eigenvalue weighted by Gasteiger charge is -1.98. The minimum atomic E-state index is -0.158. The molecule has 0 amide bonds. The van der Waals surface area contributed by atoms with Gasteiger partial charge in [-0.05, 0) is 21.3 Å². The molecule has 1 heterocycles. The molecule has 0 saturated carbocycles. The lowest BCUT2D eigenvalue weighted by atomic mass is 10.8. The van der Waals surface area contributed by atoms with E-state index in [1.807, 2.05) is 0 Å². The fourth-order valence-corrected chi connectivity index (χ4v) is 0.635. The lowest BCUT2D eigenvalue weighted by Crippen LogP contribution is -1.97. The Labute approximate surface area is 77.3 Å². The fraction of sp³-hybridized carbons (Fsp3) is 0.250. The van der Waals surface area contributed by atoms with Crippen LogP contribution in [-0.4, -0.2) is 22.0 Å². The van der Waals surface area contributed by atoms with Gasteiger partial charge in [-0.15, -0.1) is 0 Å². The maximum absolute atomic E-state index is 8.14. The summed E-state index contributed by atoms with van der Waals surface area (Å²) >= 11 is 0. The van der Waals surface area contributed by atoms with E-state index in [0.717, 1.165) is 0 Å². The molecule has 0 fully saturated rings. The SMILES string of the molecule is CNc1nc(N=[N+]=[N-])nc(N=[N+]=[N-])n1. The number of azide groups is 2. The highest BCUT2D eigenvalue weighted by Gasteiger charge is 2.01. The van der Waals surface area contributed by atoms with Crippen molar-refractivity contribution in [2.24, 2.45) is 10.2 Å². The van der Waals surface area contributed by atoms with E-state index in [4.69, 9.17) is 11.1 Å². The average Bonchev–Trinajstić information content (AvgIpc) is 2.18. The first-order chi connectivity index (χ1) is 6.80. The molecule has 10 heteroatoms. The van der Waals surface area contributed by atoms with E-state index >= 15 is 0 Å². The number of hydrogen-bond acceptors (Lipinski definition) is 6. The third kappa shape index (κ3) is 2.21. The zero-order valence-electron chi connectivity index (χ0n) is 7.02. The highest BCUT2D eigenvalue weighted by molar-refractivity contribution is 5.35. The zero-order valence-corrected chi connectivity index (χ0v) is 7.02. The molecule has 0 spiro atoms. The molecule has 0 aromatic carbocycles. The standard InChI is InChI=1S/C4H4N10/c1-7-2-8-3(11-13-5)10-4(9-2)12-14-6/h1H3,(H,7,8,9,10). The van der Waals surface area contributed by atoms with Crippen molar-refractivity contribution in [2.45, 2.75) is 0 Å². The first kappa shape index (κ1) is 9.52. The van der Waals surface area contributed by atoms with Gasteiger partial charge in [0.15, 0.2) is 0 Å².